The summed E-state index contributed by atoms with van der Waals surface area (Å²) in [5.41, 5.74) is 1.23. The van der Waals surface area contributed by atoms with Gasteiger partial charge in [0, 0.05) is 20.9 Å². The predicted molar refractivity (Wildman–Crippen MR) is 74.5 cm³/mol. The van der Waals surface area contributed by atoms with Crippen LogP contribution in [0.4, 0.5) is 0 Å². The van der Waals surface area contributed by atoms with Crippen molar-refractivity contribution >= 4 is 19.2 Å². The summed E-state index contributed by atoms with van der Waals surface area (Å²) in [5.74, 6) is 0. The predicted octanol–water partition coefficient (Wildman–Crippen LogP) is 2.04. The Kier molecular flexibility index (Phi) is 3.67. The SMILES string of the molecule is C[Si](C)(C)CCOCn1c(=O)[nH]c2ncccc21. The Balaban J connectivity index is 2.04. The van der Waals surface area contributed by atoms with Gasteiger partial charge in [-0.3, -0.25) is 9.55 Å². The van der Waals surface area contributed by atoms with Crippen molar-refractivity contribution in [1.82, 2.24) is 14.5 Å². The zero-order valence-electron chi connectivity index (χ0n) is 11.1. The standard InChI is InChI=1S/C12H19N3O2Si/c1-18(2,3)8-7-17-9-15-10-5-4-6-13-11(10)14-12(15)16/h4-6H,7-9H2,1-3H3,(H,13,14,16). The maximum Gasteiger partial charge on any atom is 0.329 e. The van der Waals surface area contributed by atoms with Crippen LogP contribution in [-0.4, -0.2) is 29.2 Å². The van der Waals surface area contributed by atoms with Gasteiger partial charge >= 0.3 is 5.69 Å². The fourth-order valence-corrected chi connectivity index (χ4v) is 2.41. The third kappa shape index (κ3) is 3.08. The second kappa shape index (κ2) is 5.07. The fourth-order valence-electron chi connectivity index (χ4n) is 1.65. The van der Waals surface area contributed by atoms with Crippen molar-refractivity contribution in [3.8, 4) is 0 Å². The number of ether oxygens (including phenoxy) is 1. The molecule has 6 heteroatoms. The lowest BCUT2D eigenvalue weighted by Crippen LogP contribution is -2.23. The zero-order chi connectivity index (χ0) is 13.2. The van der Waals surface area contributed by atoms with E-state index in [-0.39, 0.29) is 12.4 Å². The summed E-state index contributed by atoms with van der Waals surface area (Å²) in [5, 5.41) is 0. The van der Waals surface area contributed by atoms with E-state index in [1.807, 2.05) is 12.1 Å². The number of nitrogens with one attached hydrogen (secondary N) is 1. The van der Waals surface area contributed by atoms with E-state index in [0.29, 0.717) is 12.3 Å². The van der Waals surface area contributed by atoms with Gasteiger partial charge in [-0.25, -0.2) is 9.78 Å². The number of pyridine rings is 1. The Morgan fingerprint density at radius 1 is 1.44 bits per heavy atom. The monoisotopic (exact) mass is 265 g/mol. The summed E-state index contributed by atoms with van der Waals surface area (Å²) in [6.07, 6.45) is 1.66. The van der Waals surface area contributed by atoms with Crippen molar-refractivity contribution in [2.45, 2.75) is 32.4 Å². The van der Waals surface area contributed by atoms with Gasteiger partial charge in [-0.05, 0) is 18.2 Å². The molecule has 0 aliphatic heterocycles. The minimum absolute atomic E-state index is 0.170. The third-order valence-corrected chi connectivity index (χ3v) is 4.47. The van der Waals surface area contributed by atoms with Crippen molar-refractivity contribution in [3.05, 3.63) is 28.8 Å². The van der Waals surface area contributed by atoms with Crippen molar-refractivity contribution in [3.63, 3.8) is 0 Å². The molecule has 5 nitrogen and oxygen atoms in total. The average molecular weight is 265 g/mol. The number of aromatic nitrogens is 3. The minimum Gasteiger partial charge on any atom is -0.361 e. The molecule has 0 saturated heterocycles. The van der Waals surface area contributed by atoms with Crippen molar-refractivity contribution in [2.24, 2.45) is 0 Å². The first-order valence-electron chi connectivity index (χ1n) is 6.09. The molecule has 2 aromatic rings. The van der Waals surface area contributed by atoms with E-state index in [4.69, 9.17) is 4.74 Å². The van der Waals surface area contributed by atoms with Crippen molar-refractivity contribution in [2.75, 3.05) is 6.61 Å². The zero-order valence-corrected chi connectivity index (χ0v) is 12.1. The first-order chi connectivity index (χ1) is 8.47. The highest BCUT2D eigenvalue weighted by Gasteiger charge is 2.12. The highest BCUT2D eigenvalue weighted by molar-refractivity contribution is 6.76. The highest BCUT2D eigenvalue weighted by Crippen LogP contribution is 2.09. The van der Waals surface area contributed by atoms with E-state index in [1.165, 1.54) is 0 Å². The van der Waals surface area contributed by atoms with Gasteiger partial charge in [0.05, 0.1) is 5.52 Å². The van der Waals surface area contributed by atoms with Gasteiger partial charge in [-0.15, -0.1) is 0 Å². The van der Waals surface area contributed by atoms with Gasteiger partial charge in [0.1, 0.15) is 6.73 Å². The lowest BCUT2D eigenvalue weighted by atomic mass is 10.4. The first kappa shape index (κ1) is 13.0. The van der Waals surface area contributed by atoms with Crippen LogP contribution < -0.4 is 5.69 Å². The van der Waals surface area contributed by atoms with Gasteiger partial charge in [-0.1, -0.05) is 19.6 Å². The van der Waals surface area contributed by atoms with Crippen LogP contribution in [0.5, 0.6) is 0 Å². The minimum atomic E-state index is -1.08. The molecule has 0 bridgehead atoms. The van der Waals surface area contributed by atoms with Crippen LogP contribution in [-0.2, 0) is 11.5 Å². The quantitative estimate of drug-likeness (QED) is 0.665. The topological polar surface area (TPSA) is 59.9 Å². The van der Waals surface area contributed by atoms with Gasteiger partial charge in [0.2, 0.25) is 0 Å². The molecule has 2 rings (SSSR count). The molecule has 0 fully saturated rings. The van der Waals surface area contributed by atoms with Crippen molar-refractivity contribution < 1.29 is 4.74 Å². The third-order valence-electron chi connectivity index (χ3n) is 2.76. The van der Waals surface area contributed by atoms with E-state index in [0.717, 1.165) is 11.6 Å². The Morgan fingerprint density at radius 2 is 2.22 bits per heavy atom. The van der Waals surface area contributed by atoms with Crippen LogP contribution in [0.25, 0.3) is 11.2 Å². The molecule has 0 radical (unpaired) electrons. The van der Waals surface area contributed by atoms with Gasteiger partial charge in [-0.2, -0.15) is 0 Å². The molecule has 0 aliphatic rings. The summed E-state index contributed by atoms with van der Waals surface area (Å²) in [7, 11) is -1.08. The van der Waals surface area contributed by atoms with Crippen LogP contribution in [0.15, 0.2) is 23.1 Å². The molecule has 0 saturated carbocycles. The molecule has 98 valence electrons. The summed E-state index contributed by atoms with van der Waals surface area (Å²) in [4.78, 5) is 18.5. The Bertz CT molecular complexity index is 583. The lowest BCUT2D eigenvalue weighted by molar-refractivity contribution is 0.0878. The number of H-pyrrole nitrogens is 1. The van der Waals surface area contributed by atoms with Gasteiger partial charge in [0.15, 0.2) is 5.65 Å². The molecular weight excluding hydrogens is 246 g/mol. The number of hydrogen-bond acceptors (Lipinski definition) is 3. The molecular formula is C12H19N3O2Si. The molecule has 0 aliphatic carbocycles. The Labute approximate surface area is 107 Å². The Hall–Kier alpha value is -1.40. The molecule has 0 unspecified atom stereocenters. The van der Waals surface area contributed by atoms with E-state index < -0.39 is 8.07 Å². The van der Waals surface area contributed by atoms with Crippen molar-refractivity contribution in [1.29, 1.82) is 0 Å². The number of hydrogen-bond donors (Lipinski definition) is 1. The van der Waals surface area contributed by atoms with E-state index in [2.05, 4.69) is 29.6 Å². The van der Waals surface area contributed by atoms with Crippen LogP contribution >= 0.6 is 0 Å². The normalized spacial score (nSPS) is 12.2. The number of imidazole rings is 1. The summed E-state index contributed by atoms with van der Waals surface area (Å²) in [6.45, 7) is 7.90. The fraction of sp³-hybridized carbons (Fsp3) is 0.500. The molecule has 0 atom stereocenters. The molecule has 1 N–H and O–H groups in total. The van der Waals surface area contributed by atoms with Crippen LogP contribution in [0, 0.1) is 0 Å². The second-order valence-corrected chi connectivity index (χ2v) is 11.2. The van der Waals surface area contributed by atoms with Crippen LogP contribution in [0.3, 0.4) is 0 Å². The summed E-state index contributed by atoms with van der Waals surface area (Å²) >= 11 is 0. The average Bonchev–Trinajstić information content (AvgIpc) is 2.59. The van der Waals surface area contributed by atoms with E-state index >= 15 is 0 Å². The maximum atomic E-state index is 11.7. The molecule has 2 heterocycles. The largest absolute Gasteiger partial charge is 0.361 e. The number of aromatic amines is 1. The molecule has 0 amide bonds. The highest BCUT2D eigenvalue weighted by atomic mass is 28.3. The van der Waals surface area contributed by atoms with Crippen LogP contribution in [0.1, 0.15) is 0 Å². The number of rotatable bonds is 5. The van der Waals surface area contributed by atoms with Gasteiger partial charge in [0.25, 0.3) is 0 Å². The van der Waals surface area contributed by atoms with E-state index in [1.54, 1.807) is 10.8 Å². The smallest absolute Gasteiger partial charge is 0.329 e. The summed E-state index contributed by atoms with van der Waals surface area (Å²) in [6, 6.07) is 4.78. The second-order valence-electron chi connectivity index (χ2n) is 5.58. The number of nitrogens with zero attached hydrogens (tertiary/aromatic N) is 2. The van der Waals surface area contributed by atoms with E-state index in [9.17, 15) is 4.79 Å². The lowest BCUT2D eigenvalue weighted by Gasteiger charge is -2.15. The molecule has 0 aromatic carbocycles. The van der Waals surface area contributed by atoms with Crippen LogP contribution in [0.2, 0.25) is 25.7 Å². The van der Waals surface area contributed by atoms with Gasteiger partial charge < -0.3 is 4.74 Å². The molecule has 0 spiro atoms. The number of fused-ring (bicyclic) bond motifs is 1. The summed E-state index contributed by atoms with van der Waals surface area (Å²) < 4.78 is 7.17. The maximum absolute atomic E-state index is 11.7. The Morgan fingerprint density at radius 3 is 2.94 bits per heavy atom. The molecule has 18 heavy (non-hydrogen) atoms. The molecule has 2 aromatic heterocycles. The first-order valence-corrected chi connectivity index (χ1v) is 9.79.